The molecule has 2 unspecified atom stereocenters. The van der Waals surface area contributed by atoms with E-state index in [1.54, 1.807) is 0 Å². The minimum Gasteiger partial charge on any atom is -0.393 e. The lowest BCUT2D eigenvalue weighted by Gasteiger charge is -2.32. The van der Waals surface area contributed by atoms with Crippen LogP contribution in [-0.4, -0.2) is 33.2 Å². The Balaban J connectivity index is 2.59. The lowest BCUT2D eigenvalue weighted by molar-refractivity contribution is -0.00796. The van der Waals surface area contributed by atoms with Gasteiger partial charge in [-0.25, -0.2) is 9.13 Å². The van der Waals surface area contributed by atoms with Crippen molar-refractivity contribution in [3.8, 4) is 0 Å². The zero-order chi connectivity index (χ0) is 13.3. The van der Waals surface area contributed by atoms with Crippen molar-refractivity contribution in [1.29, 1.82) is 0 Å². The molecule has 1 aliphatic rings. The highest BCUT2D eigenvalue weighted by Gasteiger charge is 2.34. The van der Waals surface area contributed by atoms with E-state index in [1.807, 2.05) is 0 Å². The van der Waals surface area contributed by atoms with Gasteiger partial charge in [-0.15, -0.1) is 0 Å². The molecule has 5 atom stereocenters. The van der Waals surface area contributed by atoms with E-state index in [1.165, 1.54) is 0 Å². The van der Waals surface area contributed by atoms with E-state index in [0.717, 1.165) is 0 Å². The van der Waals surface area contributed by atoms with E-state index >= 15 is 0 Å². The van der Waals surface area contributed by atoms with Gasteiger partial charge in [-0.3, -0.25) is 9.05 Å². The molecule has 1 aliphatic carbocycles. The molecule has 0 spiro atoms. The molecule has 7 nitrogen and oxygen atoms in total. The molecule has 0 bridgehead atoms. The van der Waals surface area contributed by atoms with Crippen LogP contribution in [0, 0.1) is 0 Å². The topological polar surface area (TPSA) is 113 Å². The molecule has 0 heterocycles. The first-order valence-electron chi connectivity index (χ1n) is 4.71. The van der Waals surface area contributed by atoms with Gasteiger partial charge < -0.3 is 14.9 Å². The molecule has 0 aromatic rings. The summed E-state index contributed by atoms with van der Waals surface area (Å²) in [6.07, 6.45) is -1.93. The Morgan fingerprint density at radius 1 is 0.941 bits per heavy atom. The maximum Gasteiger partial charge on any atom is 0.383 e. The van der Waals surface area contributed by atoms with Crippen molar-refractivity contribution in [1.82, 2.24) is 0 Å². The van der Waals surface area contributed by atoms with Gasteiger partial charge in [-0.2, -0.15) is 0 Å². The van der Waals surface area contributed by atoms with Crippen LogP contribution in [0.4, 0.5) is 0 Å². The van der Waals surface area contributed by atoms with Crippen LogP contribution in [0.5, 0.6) is 0 Å². The summed E-state index contributed by atoms with van der Waals surface area (Å²) in [5.74, 6) is 0. The van der Waals surface area contributed by atoms with E-state index in [0.29, 0.717) is 0 Å². The standard InChI is InChI=1S/C6H14O7P2S2/c7-4-1-5(12-14(8,9)16)3-6(2-4)13-15(10,11)17/h4-7H,1-3H2,(H2,8,9,16)(H2,10,11,17)/t4-,5+,6-. The van der Waals surface area contributed by atoms with Gasteiger partial charge in [0.25, 0.3) is 0 Å². The summed E-state index contributed by atoms with van der Waals surface area (Å²) in [5, 5.41) is 9.49. The molecule has 0 radical (unpaired) electrons. The highest BCUT2D eigenvalue weighted by Crippen LogP contribution is 2.52. The molecule has 17 heavy (non-hydrogen) atoms. The minimum atomic E-state index is -3.96. The lowest BCUT2D eigenvalue weighted by atomic mass is 9.93. The second-order valence-corrected chi connectivity index (χ2v) is 9.21. The average Bonchev–Trinajstić information content (AvgIpc) is 1.93. The SMILES string of the molecule is O=P(O)(S)O[C@@H]1C[C@H](O)C[C@H](OP(=O)(O)S)C1. The first-order valence-corrected chi connectivity index (χ1v) is 10.2. The van der Waals surface area contributed by atoms with Crippen molar-refractivity contribution in [2.75, 3.05) is 0 Å². The summed E-state index contributed by atoms with van der Waals surface area (Å²) in [7, 11) is 0. The van der Waals surface area contributed by atoms with Gasteiger partial charge in [-0.1, -0.05) is 24.5 Å². The predicted molar refractivity (Wildman–Crippen MR) is 67.2 cm³/mol. The third-order valence-electron chi connectivity index (χ3n) is 2.17. The van der Waals surface area contributed by atoms with Gasteiger partial charge in [0.15, 0.2) is 0 Å². The van der Waals surface area contributed by atoms with Crippen molar-refractivity contribution in [2.45, 2.75) is 37.6 Å². The Morgan fingerprint density at radius 3 is 1.59 bits per heavy atom. The van der Waals surface area contributed by atoms with Gasteiger partial charge >= 0.3 is 13.6 Å². The molecule has 1 rings (SSSR count). The molecule has 0 aromatic carbocycles. The zero-order valence-electron chi connectivity index (χ0n) is 8.62. The van der Waals surface area contributed by atoms with E-state index in [2.05, 4.69) is 24.5 Å². The Kier molecular flexibility index (Phi) is 5.60. The number of hydrogen-bond acceptors (Lipinski definition) is 5. The van der Waals surface area contributed by atoms with Crippen LogP contribution in [-0.2, 0) is 18.2 Å². The minimum absolute atomic E-state index is 0.118. The number of aliphatic hydroxyl groups is 1. The summed E-state index contributed by atoms with van der Waals surface area (Å²) in [6.45, 7) is -7.92. The summed E-state index contributed by atoms with van der Waals surface area (Å²) >= 11 is 6.72. The molecular weight excluding hydrogens is 310 g/mol. The van der Waals surface area contributed by atoms with Crippen LogP contribution in [0.3, 0.4) is 0 Å². The first-order chi connectivity index (χ1) is 7.55. The Morgan fingerprint density at radius 2 is 1.29 bits per heavy atom. The summed E-state index contributed by atoms with van der Waals surface area (Å²) < 4.78 is 31.3. The van der Waals surface area contributed by atoms with Crippen LogP contribution in [0.25, 0.3) is 0 Å². The van der Waals surface area contributed by atoms with E-state index in [4.69, 9.17) is 18.8 Å². The largest absolute Gasteiger partial charge is 0.393 e. The molecule has 0 aromatic heterocycles. The van der Waals surface area contributed by atoms with Crippen molar-refractivity contribution >= 4 is 38.1 Å². The fourth-order valence-electron chi connectivity index (χ4n) is 1.75. The Bertz CT molecular complexity index is 320. The van der Waals surface area contributed by atoms with Gasteiger partial charge in [0, 0.05) is 19.3 Å². The molecule has 0 saturated heterocycles. The van der Waals surface area contributed by atoms with Crippen molar-refractivity contribution < 1.29 is 33.1 Å². The van der Waals surface area contributed by atoms with E-state index < -0.39 is 31.9 Å². The average molecular weight is 324 g/mol. The summed E-state index contributed by atoms with van der Waals surface area (Å²) in [6, 6.07) is 0. The van der Waals surface area contributed by atoms with E-state index in [-0.39, 0.29) is 19.3 Å². The molecular formula is C6H14O7P2S2. The quantitative estimate of drug-likeness (QED) is 0.392. The second-order valence-electron chi connectivity index (χ2n) is 3.80. The van der Waals surface area contributed by atoms with Gasteiger partial charge in [0.1, 0.15) is 0 Å². The Labute approximate surface area is 109 Å². The van der Waals surface area contributed by atoms with E-state index in [9.17, 15) is 14.2 Å². The van der Waals surface area contributed by atoms with Gasteiger partial charge in [0.05, 0.1) is 18.3 Å². The monoisotopic (exact) mass is 324 g/mol. The lowest BCUT2D eigenvalue weighted by Crippen LogP contribution is -2.34. The maximum atomic E-state index is 10.9. The maximum absolute atomic E-state index is 10.9. The fourth-order valence-corrected chi connectivity index (χ4v) is 3.67. The molecule has 1 fully saturated rings. The van der Waals surface area contributed by atoms with Crippen LogP contribution in [0.1, 0.15) is 19.3 Å². The predicted octanol–water partition coefficient (Wildman–Crippen LogP) is 1.36. The number of thiol groups is 2. The summed E-state index contributed by atoms with van der Waals surface area (Å²) in [5.41, 5.74) is 0. The van der Waals surface area contributed by atoms with Gasteiger partial charge in [-0.05, 0) is 0 Å². The highest BCUT2D eigenvalue weighted by atomic mass is 32.7. The summed E-state index contributed by atoms with van der Waals surface area (Å²) in [4.78, 5) is 17.9. The zero-order valence-corrected chi connectivity index (χ0v) is 12.2. The molecule has 0 amide bonds. The van der Waals surface area contributed by atoms with Crippen molar-refractivity contribution in [2.24, 2.45) is 0 Å². The molecule has 102 valence electrons. The van der Waals surface area contributed by atoms with Crippen LogP contribution >= 0.6 is 38.1 Å². The highest BCUT2D eigenvalue weighted by molar-refractivity contribution is 8.44. The number of hydrogen-bond donors (Lipinski definition) is 5. The third-order valence-corrected chi connectivity index (χ3v) is 3.88. The number of rotatable bonds is 4. The van der Waals surface area contributed by atoms with Gasteiger partial charge in [0.2, 0.25) is 0 Å². The third kappa shape index (κ3) is 7.20. The van der Waals surface area contributed by atoms with Crippen molar-refractivity contribution in [3.63, 3.8) is 0 Å². The first kappa shape index (κ1) is 16.0. The molecule has 3 N–H and O–H groups in total. The Hall–Kier alpha value is 0.960. The smallest absolute Gasteiger partial charge is 0.383 e. The second kappa shape index (κ2) is 5.94. The normalized spacial score (nSPS) is 37.1. The van der Waals surface area contributed by atoms with Crippen molar-refractivity contribution in [3.05, 3.63) is 0 Å². The molecule has 1 saturated carbocycles. The van der Waals surface area contributed by atoms with Crippen LogP contribution in [0.2, 0.25) is 0 Å². The molecule has 11 heteroatoms. The van der Waals surface area contributed by atoms with Crippen LogP contribution in [0.15, 0.2) is 0 Å². The fraction of sp³-hybridized carbons (Fsp3) is 1.00. The number of aliphatic hydroxyl groups excluding tert-OH is 1. The van der Waals surface area contributed by atoms with Crippen LogP contribution < -0.4 is 0 Å². The molecule has 0 aliphatic heterocycles.